The largest absolute Gasteiger partial charge is 0.368 e. The van der Waals surface area contributed by atoms with E-state index in [4.69, 9.17) is 6.35 Å². The number of pyridine rings is 2. The molecule has 3 aromatic rings. The minimum absolute atomic E-state index is 0.194. The molecule has 4 saturated heterocycles. The number of aryl methyl sites for hydroxylation is 1. The first-order valence-electron chi connectivity index (χ1n) is 14.5. The van der Waals surface area contributed by atoms with E-state index in [0.29, 0.717) is 35.2 Å². The second kappa shape index (κ2) is 9.49. The summed E-state index contributed by atoms with van der Waals surface area (Å²) in [4.78, 5) is 19.5. The molecule has 7 rings (SSSR count). The molecule has 4 atom stereocenters. The number of nitrogens with zero attached hydrogens (tertiary/aromatic N) is 7. The maximum atomic E-state index is 9.60. The molecule has 1 N–H and O–H groups in total. The van der Waals surface area contributed by atoms with Gasteiger partial charge in [0, 0.05) is 100.0 Å². The van der Waals surface area contributed by atoms with E-state index in [1.165, 1.54) is 17.5 Å². The van der Waals surface area contributed by atoms with E-state index < -0.39 is 0 Å². The van der Waals surface area contributed by atoms with E-state index in [-0.39, 0.29) is 6.17 Å². The number of aromatic nitrogens is 2. The van der Waals surface area contributed by atoms with Gasteiger partial charge >= 0.3 is 0 Å². The third kappa shape index (κ3) is 4.10. The SMILES string of the molecule is [2H]c1ccc2c(N3C[C@@H]4CN(Cc5cnc(N6C[C@@H]7C[C@H]6CN7)cc5C)CCN4[C@H](C)C3)ccc(C#N)c2n1. The van der Waals surface area contributed by atoms with Gasteiger partial charge in [-0.15, -0.1) is 0 Å². The maximum absolute atomic E-state index is 9.60. The molecule has 4 aliphatic rings. The Kier molecular flexibility index (Phi) is 5.67. The molecule has 38 heavy (non-hydrogen) atoms. The van der Waals surface area contributed by atoms with Gasteiger partial charge in [0.25, 0.3) is 0 Å². The fourth-order valence-electron chi connectivity index (χ4n) is 7.21. The van der Waals surface area contributed by atoms with Crippen LogP contribution in [-0.4, -0.2) is 89.7 Å². The summed E-state index contributed by atoms with van der Waals surface area (Å²) in [5.74, 6) is 1.13. The average Bonchev–Trinajstić information content (AvgIpc) is 3.57. The normalized spacial score (nSPS) is 28.0. The molecule has 4 fully saturated rings. The first-order valence-corrected chi connectivity index (χ1v) is 14.0. The van der Waals surface area contributed by atoms with Crippen molar-refractivity contribution in [1.29, 1.82) is 5.26 Å². The maximum Gasteiger partial charge on any atom is 0.129 e. The molecule has 4 aliphatic heterocycles. The summed E-state index contributed by atoms with van der Waals surface area (Å²) in [6.07, 6.45) is 3.55. The van der Waals surface area contributed by atoms with Gasteiger partial charge in [0.1, 0.15) is 11.9 Å². The van der Waals surface area contributed by atoms with Crippen molar-refractivity contribution < 1.29 is 1.37 Å². The molecule has 6 heterocycles. The molecule has 8 nitrogen and oxygen atoms in total. The van der Waals surface area contributed by atoms with Gasteiger partial charge < -0.3 is 15.1 Å². The van der Waals surface area contributed by atoms with Gasteiger partial charge in [0.05, 0.1) is 12.5 Å². The van der Waals surface area contributed by atoms with Gasteiger partial charge in [-0.2, -0.15) is 5.26 Å². The Morgan fingerprint density at radius 1 is 1.13 bits per heavy atom. The fraction of sp³-hybridized carbons (Fsp3) is 0.500. The van der Waals surface area contributed by atoms with E-state index in [0.717, 1.165) is 69.2 Å². The number of benzene rings is 1. The molecule has 2 aromatic heterocycles. The average molecular weight is 510 g/mol. The number of piperazine rings is 3. The second-order valence-electron chi connectivity index (χ2n) is 11.6. The summed E-state index contributed by atoms with van der Waals surface area (Å²) >= 11 is 0. The quantitative estimate of drug-likeness (QED) is 0.576. The van der Waals surface area contributed by atoms with Gasteiger partial charge in [-0.25, -0.2) is 4.98 Å². The summed E-state index contributed by atoms with van der Waals surface area (Å²) in [6, 6.07) is 14.2. The monoisotopic (exact) mass is 509 g/mol. The van der Waals surface area contributed by atoms with Crippen molar-refractivity contribution in [1.82, 2.24) is 25.1 Å². The Labute approximate surface area is 226 Å². The lowest BCUT2D eigenvalue weighted by molar-refractivity contribution is 0.0316. The Bertz CT molecular complexity index is 1450. The molecule has 0 unspecified atom stereocenters. The number of nitrogens with one attached hydrogen (secondary N) is 1. The second-order valence-corrected chi connectivity index (χ2v) is 11.6. The molecule has 0 radical (unpaired) electrons. The Balaban J connectivity index is 1.08. The van der Waals surface area contributed by atoms with Crippen molar-refractivity contribution in [3.63, 3.8) is 0 Å². The summed E-state index contributed by atoms with van der Waals surface area (Å²) in [7, 11) is 0. The number of anilines is 2. The van der Waals surface area contributed by atoms with Crippen LogP contribution >= 0.6 is 0 Å². The standard InChI is InChI=1S/C30H36N8/c1-20-10-29(38-17-24-11-25(38)14-33-24)34-13-23(20)16-35-8-9-37-21(2)15-36(19-26(37)18-35)28-6-5-22(12-31)30-27(28)4-3-7-32-30/h3-7,10,13,21,24-26,33H,8-9,11,14-19H2,1-2H3/t21-,24+,25+,26+/m1/s1/i7D. The first-order chi connectivity index (χ1) is 19.0. The van der Waals surface area contributed by atoms with Crippen LogP contribution in [0.1, 0.15) is 31.4 Å². The van der Waals surface area contributed by atoms with Crippen LogP contribution in [-0.2, 0) is 6.54 Å². The number of nitriles is 1. The third-order valence-electron chi connectivity index (χ3n) is 9.20. The topological polar surface area (TPSA) is 74.6 Å². The van der Waals surface area contributed by atoms with Crippen LogP contribution < -0.4 is 15.1 Å². The number of hydrogen-bond acceptors (Lipinski definition) is 8. The van der Waals surface area contributed by atoms with E-state index in [1.54, 1.807) is 6.07 Å². The van der Waals surface area contributed by atoms with Crippen molar-refractivity contribution in [2.45, 2.75) is 51.0 Å². The van der Waals surface area contributed by atoms with E-state index in [9.17, 15) is 5.26 Å². The smallest absolute Gasteiger partial charge is 0.129 e. The lowest BCUT2D eigenvalue weighted by atomic mass is 10.00. The van der Waals surface area contributed by atoms with E-state index in [2.05, 4.69) is 68.1 Å². The third-order valence-corrected chi connectivity index (χ3v) is 9.20. The molecule has 0 amide bonds. The van der Waals surface area contributed by atoms with Gasteiger partial charge in [-0.05, 0) is 61.7 Å². The Hall–Kier alpha value is -3.25. The molecular formula is C30H36N8. The number of fused-ring (bicyclic) bond motifs is 4. The van der Waals surface area contributed by atoms with Gasteiger partial charge in [0.2, 0.25) is 0 Å². The minimum atomic E-state index is 0.194. The van der Waals surface area contributed by atoms with Crippen molar-refractivity contribution in [2.24, 2.45) is 0 Å². The molecule has 196 valence electrons. The van der Waals surface area contributed by atoms with Crippen molar-refractivity contribution in [2.75, 3.05) is 55.6 Å². The molecule has 0 spiro atoms. The van der Waals surface area contributed by atoms with Crippen LogP contribution in [0.3, 0.4) is 0 Å². The number of rotatable bonds is 4. The lowest BCUT2D eigenvalue weighted by Crippen LogP contribution is -2.65. The first kappa shape index (κ1) is 22.7. The molecule has 0 saturated carbocycles. The predicted octanol–water partition coefficient (Wildman–Crippen LogP) is 2.76. The Morgan fingerprint density at radius 3 is 2.84 bits per heavy atom. The van der Waals surface area contributed by atoms with Crippen LogP contribution in [0.2, 0.25) is 0 Å². The van der Waals surface area contributed by atoms with Crippen LogP contribution in [0.25, 0.3) is 10.9 Å². The number of hydrogen-bond donors (Lipinski definition) is 1. The van der Waals surface area contributed by atoms with Crippen LogP contribution in [0.5, 0.6) is 0 Å². The van der Waals surface area contributed by atoms with E-state index >= 15 is 0 Å². The van der Waals surface area contributed by atoms with Crippen molar-refractivity contribution in [3.8, 4) is 6.07 Å². The van der Waals surface area contributed by atoms with Crippen LogP contribution in [0, 0.1) is 18.3 Å². The molecule has 1 aromatic carbocycles. The van der Waals surface area contributed by atoms with Crippen molar-refractivity contribution in [3.05, 3.63) is 59.4 Å². The van der Waals surface area contributed by atoms with Gasteiger partial charge in [0.15, 0.2) is 0 Å². The molecule has 2 bridgehead atoms. The van der Waals surface area contributed by atoms with Crippen LogP contribution in [0.4, 0.5) is 11.5 Å². The zero-order valence-corrected chi connectivity index (χ0v) is 22.3. The van der Waals surface area contributed by atoms with Crippen LogP contribution in [0.15, 0.2) is 42.7 Å². The Morgan fingerprint density at radius 2 is 2.05 bits per heavy atom. The summed E-state index contributed by atoms with van der Waals surface area (Å²) in [5, 5.41) is 14.1. The molecule has 8 heteroatoms. The lowest BCUT2D eigenvalue weighted by Gasteiger charge is -2.51. The highest BCUT2D eigenvalue weighted by atomic mass is 15.4. The minimum Gasteiger partial charge on any atom is -0.368 e. The summed E-state index contributed by atoms with van der Waals surface area (Å²) < 4.78 is 7.96. The summed E-state index contributed by atoms with van der Waals surface area (Å²) in [5.41, 5.74) is 4.93. The zero-order valence-electron chi connectivity index (χ0n) is 23.3. The molecule has 0 aliphatic carbocycles. The van der Waals surface area contributed by atoms with Gasteiger partial charge in [-0.3, -0.25) is 14.8 Å². The zero-order chi connectivity index (χ0) is 26.7. The highest BCUT2D eigenvalue weighted by molar-refractivity contribution is 5.95. The molecular weight excluding hydrogens is 472 g/mol. The highest BCUT2D eigenvalue weighted by Crippen LogP contribution is 2.33. The fourth-order valence-corrected chi connectivity index (χ4v) is 7.21. The summed E-state index contributed by atoms with van der Waals surface area (Å²) in [6.45, 7) is 12.7. The highest BCUT2D eigenvalue weighted by Gasteiger charge is 2.39. The van der Waals surface area contributed by atoms with E-state index in [1.807, 2.05) is 12.1 Å². The predicted molar refractivity (Wildman–Crippen MR) is 150 cm³/mol. The van der Waals surface area contributed by atoms with Gasteiger partial charge in [-0.1, -0.05) is 0 Å². The van der Waals surface area contributed by atoms with Crippen molar-refractivity contribution >= 4 is 22.4 Å².